The average Bonchev–Trinajstić information content (AvgIpc) is 2.40. The Hall–Kier alpha value is -2.24. The Balaban J connectivity index is 2.29. The number of ether oxygens (including phenoxy) is 4. The van der Waals surface area contributed by atoms with Gasteiger partial charge in [-0.25, -0.2) is 0 Å². The molecule has 1 aromatic rings. The van der Waals surface area contributed by atoms with E-state index in [0.717, 1.165) is 0 Å². The first-order valence-electron chi connectivity index (χ1n) is 6.20. The molecule has 0 saturated heterocycles. The Bertz CT molecular complexity index is 406. The van der Waals surface area contributed by atoms with Gasteiger partial charge in [0.25, 0.3) is 0 Å². The molecule has 1 rings (SSSR count). The number of hydrogen-bond donors (Lipinski definition) is 0. The van der Waals surface area contributed by atoms with Crippen LogP contribution in [0.2, 0.25) is 0 Å². The number of esters is 2. The number of benzene rings is 1. The van der Waals surface area contributed by atoms with Crippen LogP contribution in [0.5, 0.6) is 11.5 Å². The normalized spacial score (nSPS) is 9.70. The second-order valence-corrected chi connectivity index (χ2v) is 3.85. The van der Waals surface area contributed by atoms with E-state index in [4.69, 9.17) is 18.9 Å². The van der Waals surface area contributed by atoms with E-state index in [2.05, 4.69) is 0 Å². The molecule has 20 heavy (non-hydrogen) atoms. The molecule has 0 fully saturated rings. The number of hydrogen-bond acceptors (Lipinski definition) is 6. The molecule has 0 aliphatic rings. The molecule has 0 unspecified atom stereocenters. The molecule has 0 N–H and O–H groups in total. The Kier molecular flexibility index (Phi) is 6.95. The first kappa shape index (κ1) is 15.8. The maximum absolute atomic E-state index is 10.6. The molecular weight excluding hydrogens is 264 g/mol. The third-order valence-corrected chi connectivity index (χ3v) is 2.12. The highest BCUT2D eigenvalue weighted by Gasteiger charge is 2.00. The van der Waals surface area contributed by atoms with Crippen LogP contribution in [0.4, 0.5) is 0 Å². The lowest BCUT2D eigenvalue weighted by Gasteiger charge is -2.09. The Labute approximate surface area is 117 Å². The molecule has 110 valence electrons. The summed E-state index contributed by atoms with van der Waals surface area (Å²) in [4.78, 5) is 21.1. The minimum atomic E-state index is -0.337. The summed E-state index contributed by atoms with van der Waals surface area (Å²) in [5.74, 6) is 0.552. The fourth-order valence-electron chi connectivity index (χ4n) is 1.34. The van der Waals surface area contributed by atoms with Crippen LogP contribution < -0.4 is 9.47 Å². The Morgan fingerprint density at radius 1 is 0.850 bits per heavy atom. The molecule has 0 bridgehead atoms. The summed E-state index contributed by atoms with van der Waals surface area (Å²) in [5, 5.41) is 0. The van der Waals surface area contributed by atoms with Gasteiger partial charge in [0.05, 0.1) is 0 Å². The molecule has 0 amide bonds. The van der Waals surface area contributed by atoms with Crippen molar-refractivity contribution in [2.24, 2.45) is 0 Å². The lowest BCUT2D eigenvalue weighted by atomic mass is 10.3. The zero-order chi connectivity index (χ0) is 14.8. The second-order valence-electron chi connectivity index (χ2n) is 3.85. The SMILES string of the molecule is CC(=O)OCCOc1cccc(OCCOC(C)=O)c1. The van der Waals surface area contributed by atoms with Crippen LogP contribution in [0.1, 0.15) is 13.8 Å². The average molecular weight is 282 g/mol. The highest BCUT2D eigenvalue weighted by atomic mass is 16.6. The number of rotatable bonds is 8. The standard InChI is InChI=1S/C14H18O6/c1-11(15)17-6-8-19-13-4-3-5-14(10-13)20-9-7-18-12(2)16/h3-5,10H,6-9H2,1-2H3. The Morgan fingerprint density at radius 3 is 1.70 bits per heavy atom. The van der Waals surface area contributed by atoms with Crippen molar-refractivity contribution in [3.05, 3.63) is 24.3 Å². The molecule has 0 saturated carbocycles. The van der Waals surface area contributed by atoms with E-state index < -0.39 is 0 Å². The minimum Gasteiger partial charge on any atom is -0.490 e. The molecule has 0 aliphatic heterocycles. The van der Waals surface area contributed by atoms with Crippen molar-refractivity contribution in [2.75, 3.05) is 26.4 Å². The lowest BCUT2D eigenvalue weighted by Crippen LogP contribution is -2.10. The predicted octanol–water partition coefficient (Wildman–Crippen LogP) is 1.57. The van der Waals surface area contributed by atoms with Crippen molar-refractivity contribution in [3.63, 3.8) is 0 Å². The van der Waals surface area contributed by atoms with Crippen molar-refractivity contribution in [3.8, 4) is 11.5 Å². The van der Waals surface area contributed by atoms with Crippen LogP contribution in [0, 0.1) is 0 Å². The predicted molar refractivity (Wildman–Crippen MR) is 70.7 cm³/mol. The van der Waals surface area contributed by atoms with Crippen molar-refractivity contribution in [2.45, 2.75) is 13.8 Å². The van der Waals surface area contributed by atoms with E-state index >= 15 is 0 Å². The van der Waals surface area contributed by atoms with Crippen LogP contribution in [-0.4, -0.2) is 38.4 Å². The van der Waals surface area contributed by atoms with Gasteiger partial charge in [-0.2, -0.15) is 0 Å². The van der Waals surface area contributed by atoms with Gasteiger partial charge >= 0.3 is 11.9 Å². The first-order valence-corrected chi connectivity index (χ1v) is 6.20. The van der Waals surface area contributed by atoms with Crippen molar-refractivity contribution in [1.29, 1.82) is 0 Å². The largest absolute Gasteiger partial charge is 0.490 e. The van der Waals surface area contributed by atoms with Gasteiger partial charge in [0, 0.05) is 19.9 Å². The zero-order valence-corrected chi connectivity index (χ0v) is 11.6. The van der Waals surface area contributed by atoms with Crippen LogP contribution in [0.3, 0.4) is 0 Å². The molecule has 6 heteroatoms. The van der Waals surface area contributed by atoms with Crippen molar-refractivity contribution >= 4 is 11.9 Å². The summed E-state index contributed by atoms with van der Waals surface area (Å²) in [7, 11) is 0. The van der Waals surface area contributed by atoms with Gasteiger partial charge in [0.15, 0.2) is 0 Å². The highest BCUT2D eigenvalue weighted by molar-refractivity contribution is 5.66. The summed E-state index contributed by atoms with van der Waals surface area (Å²) < 4.78 is 20.3. The summed E-state index contributed by atoms with van der Waals surface area (Å²) >= 11 is 0. The van der Waals surface area contributed by atoms with Crippen LogP contribution in [0.25, 0.3) is 0 Å². The third kappa shape index (κ3) is 7.25. The number of carbonyl (C=O) groups excluding carboxylic acids is 2. The summed E-state index contributed by atoms with van der Waals surface area (Å²) in [6.45, 7) is 3.64. The summed E-state index contributed by atoms with van der Waals surface area (Å²) in [6.07, 6.45) is 0. The van der Waals surface area contributed by atoms with Gasteiger partial charge < -0.3 is 18.9 Å². The smallest absolute Gasteiger partial charge is 0.302 e. The van der Waals surface area contributed by atoms with E-state index in [1.165, 1.54) is 13.8 Å². The van der Waals surface area contributed by atoms with Gasteiger partial charge in [-0.15, -0.1) is 0 Å². The molecular formula is C14H18O6. The molecule has 0 aliphatic carbocycles. The van der Waals surface area contributed by atoms with E-state index in [1.54, 1.807) is 24.3 Å². The van der Waals surface area contributed by atoms with Crippen molar-refractivity contribution in [1.82, 2.24) is 0 Å². The second kappa shape index (κ2) is 8.79. The van der Waals surface area contributed by atoms with Crippen LogP contribution >= 0.6 is 0 Å². The van der Waals surface area contributed by atoms with E-state index in [9.17, 15) is 9.59 Å². The molecule has 0 aromatic heterocycles. The van der Waals surface area contributed by atoms with Gasteiger partial charge in [0.1, 0.15) is 37.9 Å². The molecule has 6 nitrogen and oxygen atoms in total. The van der Waals surface area contributed by atoms with E-state index in [-0.39, 0.29) is 38.4 Å². The minimum absolute atomic E-state index is 0.201. The summed E-state index contributed by atoms with van der Waals surface area (Å²) in [5.41, 5.74) is 0. The third-order valence-electron chi connectivity index (χ3n) is 2.12. The maximum Gasteiger partial charge on any atom is 0.302 e. The fourth-order valence-corrected chi connectivity index (χ4v) is 1.34. The van der Waals surface area contributed by atoms with Gasteiger partial charge in [-0.05, 0) is 12.1 Å². The van der Waals surface area contributed by atoms with Crippen LogP contribution in [0.15, 0.2) is 24.3 Å². The number of carbonyl (C=O) groups is 2. The van der Waals surface area contributed by atoms with Gasteiger partial charge in [-0.1, -0.05) is 6.07 Å². The topological polar surface area (TPSA) is 71.1 Å². The maximum atomic E-state index is 10.6. The van der Waals surface area contributed by atoms with Gasteiger partial charge in [0.2, 0.25) is 0 Å². The van der Waals surface area contributed by atoms with Crippen LogP contribution in [-0.2, 0) is 19.1 Å². The molecule has 1 aromatic carbocycles. The van der Waals surface area contributed by atoms with Crippen molar-refractivity contribution < 1.29 is 28.5 Å². The monoisotopic (exact) mass is 282 g/mol. The molecule has 0 atom stereocenters. The first-order chi connectivity index (χ1) is 9.58. The summed E-state index contributed by atoms with van der Waals surface area (Å²) in [6, 6.07) is 7.03. The van der Waals surface area contributed by atoms with E-state index in [1.807, 2.05) is 0 Å². The quantitative estimate of drug-likeness (QED) is 0.532. The van der Waals surface area contributed by atoms with Gasteiger partial charge in [-0.3, -0.25) is 9.59 Å². The lowest BCUT2D eigenvalue weighted by molar-refractivity contribution is -0.142. The zero-order valence-electron chi connectivity index (χ0n) is 11.6. The molecule has 0 heterocycles. The fraction of sp³-hybridized carbons (Fsp3) is 0.429. The molecule has 0 spiro atoms. The highest BCUT2D eigenvalue weighted by Crippen LogP contribution is 2.19. The molecule has 0 radical (unpaired) electrons. The Morgan fingerprint density at radius 2 is 1.30 bits per heavy atom. The van der Waals surface area contributed by atoms with E-state index in [0.29, 0.717) is 11.5 Å².